The second-order valence-electron chi connectivity index (χ2n) is 4.90. The largest absolute Gasteiger partial charge is 0.454 e. The van der Waals surface area contributed by atoms with Crippen molar-refractivity contribution < 1.29 is 22.7 Å². The van der Waals surface area contributed by atoms with E-state index in [1.54, 1.807) is 18.3 Å². The molecule has 0 spiro atoms. The first-order chi connectivity index (χ1) is 10.8. The average Bonchev–Trinajstić information content (AvgIpc) is 3.06. The maximum atomic E-state index is 12.0. The van der Waals surface area contributed by atoms with E-state index >= 15 is 0 Å². The minimum atomic E-state index is -3.65. The van der Waals surface area contributed by atoms with Gasteiger partial charge < -0.3 is 9.72 Å². The van der Waals surface area contributed by atoms with Gasteiger partial charge in [0.25, 0.3) is 0 Å². The lowest BCUT2D eigenvalue weighted by Crippen LogP contribution is -2.22. The van der Waals surface area contributed by atoms with Gasteiger partial charge in [0.2, 0.25) is 15.8 Å². The number of nitrogens with one attached hydrogen (secondary N) is 1. The number of sulfonamides is 1. The van der Waals surface area contributed by atoms with Crippen molar-refractivity contribution in [2.75, 3.05) is 20.7 Å². The van der Waals surface area contributed by atoms with Gasteiger partial charge in [-0.1, -0.05) is 6.07 Å². The second-order valence-corrected chi connectivity index (χ2v) is 7.05. The van der Waals surface area contributed by atoms with Crippen molar-refractivity contribution in [3.63, 3.8) is 0 Å². The number of carbonyl (C=O) groups excluding carboxylic acids is 2. The van der Waals surface area contributed by atoms with Gasteiger partial charge in [-0.05, 0) is 30.3 Å². The molecule has 122 valence electrons. The molecule has 0 atom stereocenters. The lowest BCUT2D eigenvalue weighted by atomic mass is 10.2. The molecule has 0 fully saturated rings. The highest BCUT2D eigenvalue weighted by Crippen LogP contribution is 2.15. The molecule has 0 saturated carbocycles. The molecule has 0 radical (unpaired) electrons. The molecule has 2 aromatic rings. The molecule has 7 nitrogen and oxygen atoms in total. The van der Waals surface area contributed by atoms with Gasteiger partial charge in [0.15, 0.2) is 6.61 Å². The van der Waals surface area contributed by atoms with Crippen molar-refractivity contribution in [2.24, 2.45) is 0 Å². The van der Waals surface area contributed by atoms with E-state index in [4.69, 9.17) is 4.74 Å². The van der Waals surface area contributed by atoms with Crippen molar-refractivity contribution in [2.45, 2.75) is 4.90 Å². The molecule has 1 N–H and O–H groups in total. The Morgan fingerprint density at radius 3 is 2.52 bits per heavy atom. The Hall–Kier alpha value is -2.45. The normalized spacial score (nSPS) is 11.4. The quantitative estimate of drug-likeness (QED) is 0.633. The number of esters is 1. The summed E-state index contributed by atoms with van der Waals surface area (Å²) in [7, 11) is -0.850. The fourth-order valence-corrected chi connectivity index (χ4v) is 2.74. The molecule has 0 unspecified atom stereocenters. The standard InChI is InChI=1S/C15H16N2O5S/c1-17(2)23(20,21)12-6-3-5-11(9-12)15(19)22-10-14(18)13-7-4-8-16-13/h3-9,16H,10H2,1-2H3. The van der Waals surface area contributed by atoms with Gasteiger partial charge in [-0.15, -0.1) is 0 Å². The van der Waals surface area contributed by atoms with Crippen LogP contribution in [0.4, 0.5) is 0 Å². The SMILES string of the molecule is CN(C)S(=O)(=O)c1cccc(C(=O)OCC(=O)c2ccc[nH]2)c1. The Morgan fingerprint density at radius 1 is 1.17 bits per heavy atom. The number of Topliss-reactive ketones (excluding diaryl/α,β-unsaturated/α-hetero) is 1. The summed E-state index contributed by atoms with van der Waals surface area (Å²) in [5, 5.41) is 0. The first kappa shape index (κ1) is 16.9. The van der Waals surface area contributed by atoms with Crippen LogP contribution in [0.3, 0.4) is 0 Å². The molecule has 0 bridgehead atoms. The Balaban J connectivity index is 2.10. The van der Waals surface area contributed by atoms with Crippen LogP contribution in [0.2, 0.25) is 0 Å². The highest BCUT2D eigenvalue weighted by molar-refractivity contribution is 7.89. The topological polar surface area (TPSA) is 96.5 Å². The number of rotatable bonds is 6. The van der Waals surface area contributed by atoms with Crippen molar-refractivity contribution in [1.82, 2.24) is 9.29 Å². The van der Waals surface area contributed by atoms with E-state index in [0.717, 1.165) is 4.31 Å². The second kappa shape index (κ2) is 6.76. The maximum absolute atomic E-state index is 12.0. The lowest BCUT2D eigenvalue weighted by molar-refractivity contribution is 0.0473. The molecule has 1 aromatic heterocycles. The van der Waals surface area contributed by atoms with Crippen LogP contribution in [0.1, 0.15) is 20.8 Å². The van der Waals surface area contributed by atoms with Gasteiger partial charge in [-0.2, -0.15) is 0 Å². The number of H-pyrrole nitrogens is 1. The third kappa shape index (κ3) is 3.85. The van der Waals surface area contributed by atoms with E-state index in [0.29, 0.717) is 5.69 Å². The Labute approximate surface area is 133 Å². The molecule has 0 amide bonds. The summed E-state index contributed by atoms with van der Waals surface area (Å²) in [4.78, 5) is 26.4. The molecule has 0 aliphatic carbocycles. The van der Waals surface area contributed by atoms with Gasteiger partial charge in [0.1, 0.15) is 0 Å². The van der Waals surface area contributed by atoms with E-state index in [9.17, 15) is 18.0 Å². The van der Waals surface area contributed by atoms with Crippen molar-refractivity contribution in [1.29, 1.82) is 0 Å². The smallest absolute Gasteiger partial charge is 0.338 e. The molecule has 0 aliphatic heterocycles. The molecular formula is C15H16N2O5S. The minimum Gasteiger partial charge on any atom is -0.454 e. The fourth-order valence-electron chi connectivity index (χ4n) is 1.79. The summed E-state index contributed by atoms with van der Waals surface area (Å²) in [6.45, 7) is -0.427. The van der Waals surface area contributed by atoms with Crippen LogP contribution in [0.5, 0.6) is 0 Å². The number of nitrogens with zero attached hydrogens (tertiary/aromatic N) is 1. The zero-order chi connectivity index (χ0) is 17.0. The first-order valence-electron chi connectivity index (χ1n) is 6.68. The van der Waals surface area contributed by atoms with Gasteiger partial charge in [0, 0.05) is 20.3 Å². The van der Waals surface area contributed by atoms with Crippen molar-refractivity contribution in [3.8, 4) is 0 Å². The zero-order valence-electron chi connectivity index (χ0n) is 12.6. The highest BCUT2D eigenvalue weighted by atomic mass is 32.2. The number of ether oxygens (including phenoxy) is 1. The predicted molar refractivity (Wildman–Crippen MR) is 82.7 cm³/mol. The predicted octanol–water partition coefficient (Wildman–Crippen LogP) is 1.30. The average molecular weight is 336 g/mol. The number of hydrogen-bond donors (Lipinski definition) is 1. The lowest BCUT2D eigenvalue weighted by Gasteiger charge is -2.12. The summed E-state index contributed by atoms with van der Waals surface area (Å²) in [6, 6.07) is 8.70. The van der Waals surface area contributed by atoms with E-state index in [1.807, 2.05) is 0 Å². The molecule has 8 heteroatoms. The molecule has 0 saturated heterocycles. The molecule has 1 aromatic carbocycles. The Morgan fingerprint density at radius 2 is 1.91 bits per heavy atom. The summed E-state index contributed by atoms with van der Waals surface area (Å²) >= 11 is 0. The Bertz CT molecular complexity index is 810. The molecule has 1 heterocycles. The van der Waals surface area contributed by atoms with E-state index in [-0.39, 0.29) is 16.2 Å². The van der Waals surface area contributed by atoms with E-state index in [1.165, 1.54) is 38.4 Å². The monoisotopic (exact) mass is 336 g/mol. The summed E-state index contributed by atoms with van der Waals surface area (Å²) in [6.07, 6.45) is 1.59. The number of ketones is 1. The zero-order valence-corrected chi connectivity index (χ0v) is 13.5. The number of hydrogen-bond acceptors (Lipinski definition) is 5. The van der Waals surface area contributed by atoms with Crippen molar-refractivity contribution >= 4 is 21.8 Å². The van der Waals surface area contributed by atoms with Crippen LogP contribution in [-0.2, 0) is 14.8 Å². The van der Waals surface area contributed by atoms with Gasteiger partial charge in [0.05, 0.1) is 16.2 Å². The van der Waals surface area contributed by atoms with Crippen LogP contribution >= 0.6 is 0 Å². The van der Waals surface area contributed by atoms with Crippen LogP contribution in [0.15, 0.2) is 47.5 Å². The fraction of sp³-hybridized carbons (Fsp3) is 0.200. The Kier molecular flexibility index (Phi) is 4.97. The molecule has 2 rings (SSSR count). The summed E-state index contributed by atoms with van der Waals surface area (Å²) in [5.41, 5.74) is 0.397. The van der Waals surface area contributed by atoms with Crippen LogP contribution in [0.25, 0.3) is 0 Å². The van der Waals surface area contributed by atoms with Crippen LogP contribution in [-0.4, -0.2) is 50.2 Å². The molecule has 0 aliphatic rings. The first-order valence-corrected chi connectivity index (χ1v) is 8.12. The number of benzene rings is 1. The van der Waals surface area contributed by atoms with Gasteiger partial charge in [-0.3, -0.25) is 4.79 Å². The number of aromatic nitrogens is 1. The highest BCUT2D eigenvalue weighted by Gasteiger charge is 2.19. The van der Waals surface area contributed by atoms with Crippen LogP contribution < -0.4 is 0 Å². The summed E-state index contributed by atoms with van der Waals surface area (Å²) < 4.78 is 30.1. The molecule has 23 heavy (non-hydrogen) atoms. The minimum absolute atomic E-state index is 0.0207. The maximum Gasteiger partial charge on any atom is 0.338 e. The molecular weight excluding hydrogens is 320 g/mol. The van der Waals surface area contributed by atoms with E-state index in [2.05, 4.69) is 4.98 Å². The van der Waals surface area contributed by atoms with Gasteiger partial charge >= 0.3 is 5.97 Å². The third-order valence-corrected chi connectivity index (χ3v) is 4.89. The van der Waals surface area contributed by atoms with Crippen molar-refractivity contribution in [3.05, 3.63) is 53.9 Å². The number of carbonyl (C=O) groups is 2. The van der Waals surface area contributed by atoms with E-state index < -0.39 is 22.6 Å². The summed E-state index contributed by atoms with van der Waals surface area (Å²) in [5.74, 6) is -1.14. The van der Waals surface area contributed by atoms with Crippen LogP contribution in [0, 0.1) is 0 Å². The van der Waals surface area contributed by atoms with Gasteiger partial charge in [-0.25, -0.2) is 17.5 Å². The number of aromatic amines is 1. The third-order valence-electron chi connectivity index (χ3n) is 3.08.